The number of ether oxygens (including phenoxy) is 2. The number of rotatable bonds is 13. The van der Waals surface area contributed by atoms with Crippen LogP contribution in [0.25, 0.3) is 27.8 Å². The number of carbonyl (C=O) groups is 1. The molecule has 0 spiro atoms. The van der Waals surface area contributed by atoms with Crippen molar-refractivity contribution in [3.05, 3.63) is 138 Å². The zero-order valence-electron chi connectivity index (χ0n) is 26.6. The molecular formula is C40H38O4S2. The molecule has 5 aromatic carbocycles. The van der Waals surface area contributed by atoms with E-state index in [0.29, 0.717) is 18.1 Å². The van der Waals surface area contributed by atoms with Crippen molar-refractivity contribution < 1.29 is 19.4 Å². The van der Waals surface area contributed by atoms with E-state index in [2.05, 4.69) is 116 Å². The van der Waals surface area contributed by atoms with Gasteiger partial charge in [-0.2, -0.15) is 0 Å². The molecule has 0 unspecified atom stereocenters. The SMILES string of the molecule is CCC(COc1ccc(OCC(=O)O)c(C)c1)=C(c1ccc(-c2cccc(SC)c2)cc1)c1ccc(-c2cccc(SC)c2)cc1. The van der Waals surface area contributed by atoms with Gasteiger partial charge in [-0.05, 0) is 118 Å². The summed E-state index contributed by atoms with van der Waals surface area (Å²) >= 11 is 3.49. The van der Waals surface area contributed by atoms with Crippen LogP contribution in [-0.4, -0.2) is 36.8 Å². The topological polar surface area (TPSA) is 55.8 Å². The van der Waals surface area contributed by atoms with Crippen LogP contribution in [-0.2, 0) is 4.79 Å². The van der Waals surface area contributed by atoms with Gasteiger partial charge in [0.1, 0.15) is 18.1 Å². The molecule has 0 aromatic heterocycles. The largest absolute Gasteiger partial charge is 0.489 e. The second-order valence-corrected chi connectivity index (χ2v) is 12.6. The number of hydrogen-bond acceptors (Lipinski definition) is 5. The van der Waals surface area contributed by atoms with Crippen LogP contribution in [0.4, 0.5) is 0 Å². The minimum atomic E-state index is -1.01. The van der Waals surface area contributed by atoms with Gasteiger partial charge in [0.25, 0.3) is 0 Å². The molecule has 5 aromatic rings. The summed E-state index contributed by atoms with van der Waals surface area (Å²) in [5, 5.41) is 8.96. The Morgan fingerprint density at radius 1 is 0.652 bits per heavy atom. The van der Waals surface area contributed by atoms with E-state index in [-0.39, 0.29) is 6.61 Å². The lowest BCUT2D eigenvalue weighted by molar-refractivity contribution is -0.139. The quantitative estimate of drug-likeness (QED) is 0.129. The van der Waals surface area contributed by atoms with Crippen LogP contribution in [0.3, 0.4) is 0 Å². The smallest absolute Gasteiger partial charge is 0.341 e. The van der Waals surface area contributed by atoms with Crippen molar-refractivity contribution in [3.63, 3.8) is 0 Å². The Kier molecular flexibility index (Phi) is 11.3. The van der Waals surface area contributed by atoms with Crippen molar-refractivity contribution >= 4 is 35.1 Å². The van der Waals surface area contributed by atoms with Crippen molar-refractivity contribution in [1.82, 2.24) is 0 Å². The molecule has 5 rings (SSSR count). The van der Waals surface area contributed by atoms with Gasteiger partial charge >= 0.3 is 5.97 Å². The molecule has 4 nitrogen and oxygen atoms in total. The Morgan fingerprint density at radius 2 is 1.20 bits per heavy atom. The number of carboxylic acids is 1. The van der Waals surface area contributed by atoms with Crippen molar-refractivity contribution in [3.8, 4) is 33.8 Å². The molecule has 0 heterocycles. The molecule has 6 heteroatoms. The zero-order chi connectivity index (χ0) is 32.5. The summed E-state index contributed by atoms with van der Waals surface area (Å²) in [7, 11) is 0. The summed E-state index contributed by atoms with van der Waals surface area (Å²) in [6.07, 6.45) is 5.01. The summed E-state index contributed by atoms with van der Waals surface area (Å²) in [6.45, 7) is 4.09. The Morgan fingerprint density at radius 3 is 1.65 bits per heavy atom. The van der Waals surface area contributed by atoms with Gasteiger partial charge in [-0.3, -0.25) is 0 Å². The fraction of sp³-hybridized carbons (Fsp3) is 0.175. The second-order valence-electron chi connectivity index (χ2n) is 10.8. The van der Waals surface area contributed by atoms with Crippen molar-refractivity contribution in [2.24, 2.45) is 0 Å². The van der Waals surface area contributed by atoms with Gasteiger partial charge < -0.3 is 14.6 Å². The highest BCUT2D eigenvalue weighted by Crippen LogP contribution is 2.34. The molecule has 0 saturated heterocycles. The molecule has 46 heavy (non-hydrogen) atoms. The number of benzene rings is 5. The number of carboxylic acid groups (broad SMARTS) is 1. The van der Waals surface area contributed by atoms with Crippen molar-refractivity contribution in [2.45, 2.75) is 30.1 Å². The number of aliphatic carboxylic acids is 1. The molecule has 0 aliphatic carbocycles. The van der Waals surface area contributed by atoms with E-state index in [4.69, 9.17) is 14.6 Å². The maximum absolute atomic E-state index is 10.9. The first-order valence-electron chi connectivity index (χ1n) is 15.2. The van der Waals surface area contributed by atoms with Crippen molar-refractivity contribution in [1.29, 1.82) is 0 Å². The lowest BCUT2D eigenvalue weighted by Gasteiger charge is -2.18. The molecule has 0 radical (unpaired) electrons. The fourth-order valence-corrected chi connectivity index (χ4v) is 6.29. The third-order valence-corrected chi connectivity index (χ3v) is 9.29. The molecule has 234 valence electrons. The zero-order valence-corrected chi connectivity index (χ0v) is 28.2. The fourth-order valence-electron chi connectivity index (χ4n) is 5.37. The molecular weight excluding hydrogens is 609 g/mol. The van der Waals surface area contributed by atoms with E-state index in [9.17, 15) is 4.79 Å². The molecule has 0 aliphatic rings. The lowest BCUT2D eigenvalue weighted by atomic mass is 9.90. The highest BCUT2D eigenvalue weighted by molar-refractivity contribution is 7.98. The Balaban J connectivity index is 1.49. The van der Waals surface area contributed by atoms with Crippen LogP contribution in [0.2, 0.25) is 0 Å². The Labute approximate surface area is 280 Å². The van der Waals surface area contributed by atoms with Crippen LogP contribution in [0.5, 0.6) is 11.5 Å². The molecule has 0 aliphatic heterocycles. The second kappa shape index (κ2) is 15.7. The van der Waals surface area contributed by atoms with E-state index < -0.39 is 5.97 Å². The van der Waals surface area contributed by atoms with Crippen LogP contribution in [0.1, 0.15) is 30.0 Å². The maximum atomic E-state index is 10.9. The summed E-state index contributed by atoms with van der Waals surface area (Å²) in [4.78, 5) is 13.4. The summed E-state index contributed by atoms with van der Waals surface area (Å²) < 4.78 is 11.7. The van der Waals surface area contributed by atoms with E-state index in [1.165, 1.54) is 37.6 Å². The normalized spacial score (nSPS) is 10.8. The minimum Gasteiger partial charge on any atom is -0.489 e. The van der Waals surface area contributed by atoms with Crippen molar-refractivity contribution in [2.75, 3.05) is 25.7 Å². The average molecular weight is 647 g/mol. The third kappa shape index (κ3) is 8.25. The average Bonchev–Trinajstić information content (AvgIpc) is 3.10. The van der Waals surface area contributed by atoms with E-state index in [1.807, 2.05) is 19.1 Å². The van der Waals surface area contributed by atoms with E-state index in [0.717, 1.165) is 28.7 Å². The lowest BCUT2D eigenvalue weighted by Crippen LogP contribution is -2.10. The van der Waals surface area contributed by atoms with Gasteiger partial charge in [-0.1, -0.05) is 79.7 Å². The first-order chi connectivity index (χ1) is 22.4. The molecule has 0 saturated carbocycles. The monoisotopic (exact) mass is 646 g/mol. The number of aryl methyl sites for hydroxylation is 1. The predicted molar refractivity (Wildman–Crippen MR) is 193 cm³/mol. The number of thioether (sulfide) groups is 2. The van der Waals surface area contributed by atoms with Crippen LogP contribution in [0.15, 0.2) is 131 Å². The first kappa shape index (κ1) is 33.0. The highest BCUT2D eigenvalue weighted by atomic mass is 32.2. The molecule has 0 amide bonds. The molecule has 1 N–H and O–H groups in total. The van der Waals surface area contributed by atoms with Crippen LogP contribution < -0.4 is 9.47 Å². The van der Waals surface area contributed by atoms with Gasteiger partial charge in [0, 0.05) is 9.79 Å². The van der Waals surface area contributed by atoms with Gasteiger partial charge in [0.05, 0.1) is 0 Å². The molecule has 0 atom stereocenters. The predicted octanol–water partition coefficient (Wildman–Crippen LogP) is 10.5. The van der Waals surface area contributed by atoms with E-state index in [1.54, 1.807) is 29.6 Å². The van der Waals surface area contributed by atoms with Gasteiger partial charge in [-0.15, -0.1) is 23.5 Å². The van der Waals surface area contributed by atoms with E-state index >= 15 is 0 Å². The van der Waals surface area contributed by atoms with Gasteiger partial charge in [-0.25, -0.2) is 4.79 Å². The van der Waals surface area contributed by atoms with Crippen LogP contribution >= 0.6 is 23.5 Å². The summed E-state index contributed by atoms with van der Waals surface area (Å²) in [6, 6.07) is 40.4. The summed E-state index contributed by atoms with van der Waals surface area (Å²) in [5.74, 6) is 0.236. The maximum Gasteiger partial charge on any atom is 0.341 e. The Bertz CT molecular complexity index is 1730. The number of hydrogen-bond donors (Lipinski definition) is 1. The molecule has 0 bridgehead atoms. The van der Waals surface area contributed by atoms with Gasteiger partial charge in [0.2, 0.25) is 0 Å². The summed E-state index contributed by atoms with van der Waals surface area (Å²) in [5.41, 5.74) is 10.2. The minimum absolute atomic E-state index is 0.378. The van der Waals surface area contributed by atoms with Crippen LogP contribution in [0, 0.1) is 6.92 Å². The standard InChI is InChI=1S/C40H38O4S2/c1-5-28(25-43-35-20-21-38(27(2)22-35)44-26-39(41)42)40(31-16-12-29(13-17-31)33-8-6-10-36(23-33)45-3)32-18-14-30(15-19-32)34-9-7-11-37(24-34)46-4/h6-24H,5,25-26H2,1-4H3,(H,41,42). The first-order valence-corrected chi connectivity index (χ1v) is 17.6. The molecule has 0 fully saturated rings. The highest BCUT2D eigenvalue weighted by Gasteiger charge is 2.14. The van der Waals surface area contributed by atoms with Gasteiger partial charge in [0.15, 0.2) is 6.61 Å². The third-order valence-electron chi connectivity index (χ3n) is 7.84. The Hall–Kier alpha value is -4.39.